The summed E-state index contributed by atoms with van der Waals surface area (Å²) < 4.78 is 9.38. The second kappa shape index (κ2) is 5.56. The molecular weight excluding hydrogens is 224 g/mol. The topological polar surface area (TPSA) is 50.3 Å². The highest BCUT2D eigenvalue weighted by atomic mass is 32.1. The number of hydrogen-bond donors (Lipinski definition) is 1. The summed E-state index contributed by atoms with van der Waals surface area (Å²) in [4.78, 5) is 2.30. The molecule has 1 aromatic rings. The number of likely N-dealkylation sites (N-methyl/N-ethyl adjacent to an activating group) is 1. The first kappa shape index (κ1) is 11.8. The fraction of sp³-hybridized carbons (Fsp3) is 0.800. The number of rotatable bonds is 5. The molecule has 0 amide bonds. The summed E-state index contributed by atoms with van der Waals surface area (Å²) in [6, 6.07) is 0.524. The predicted molar refractivity (Wildman–Crippen MR) is 64.8 cm³/mol. The number of nitrogens with zero attached hydrogens (tertiary/aromatic N) is 3. The van der Waals surface area contributed by atoms with Crippen LogP contribution in [0.15, 0.2) is 0 Å². The van der Waals surface area contributed by atoms with E-state index in [0.717, 1.165) is 43.4 Å². The Labute approximate surface area is 100.0 Å². The van der Waals surface area contributed by atoms with E-state index in [0.29, 0.717) is 6.04 Å². The maximum Gasteiger partial charge on any atom is 0.134 e. The van der Waals surface area contributed by atoms with Crippen molar-refractivity contribution in [1.29, 1.82) is 0 Å². The number of aromatic nitrogens is 2. The molecule has 1 aliphatic rings. The summed E-state index contributed by atoms with van der Waals surface area (Å²) in [5.74, 6) is 0. The summed E-state index contributed by atoms with van der Waals surface area (Å²) >= 11 is 1.43. The second-order valence-corrected chi connectivity index (χ2v) is 4.77. The van der Waals surface area contributed by atoms with Crippen LogP contribution in [0.5, 0.6) is 0 Å². The predicted octanol–water partition coefficient (Wildman–Crippen LogP) is 1.19. The Bertz CT molecular complexity index is 324. The molecule has 16 heavy (non-hydrogen) atoms. The van der Waals surface area contributed by atoms with Crippen LogP contribution in [-0.4, -0.2) is 47.3 Å². The summed E-state index contributed by atoms with van der Waals surface area (Å²) in [6.45, 7) is 5.55. The van der Waals surface area contributed by atoms with E-state index in [1.807, 2.05) is 0 Å². The third-order valence-corrected chi connectivity index (χ3v) is 3.55. The van der Waals surface area contributed by atoms with Gasteiger partial charge in [0.25, 0.3) is 0 Å². The number of hydrogen-bond acceptors (Lipinski definition) is 6. The second-order valence-electron chi connectivity index (χ2n) is 4.01. The molecule has 90 valence electrons. The maximum absolute atomic E-state index is 5.38. The summed E-state index contributed by atoms with van der Waals surface area (Å²) in [6.07, 6.45) is 1.12. The van der Waals surface area contributed by atoms with Gasteiger partial charge in [-0.2, -0.15) is 0 Å². The van der Waals surface area contributed by atoms with E-state index >= 15 is 0 Å². The van der Waals surface area contributed by atoms with Gasteiger partial charge in [-0.1, -0.05) is 4.49 Å². The monoisotopic (exact) mass is 242 g/mol. The average Bonchev–Trinajstić information content (AvgIpc) is 2.90. The molecule has 0 bridgehead atoms. The first-order valence-corrected chi connectivity index (χ1v) is 6.41. The van der Waals surface area contributed by atoms with Gasteiger partial charge >= 0.3 is 0 Å². The molecule has 1 atom stereocenters. The van der Waals surface area contributed by atoms with Crippen LogP contribution in [0.4, 0.5) is 5.00 Å². The van der Waals surface area contributed by atoms with Crippen LogP contribution in [0.2, 0.25) is 0 Å². The van der Waals surface area contributed by atoms with Crippen LogP contribution in [0, 0.1) is 0 Å². The Morgan fingerprint density at radius 1 is 1.62 bits per heavy atom. The van der Waals surface area contributed by atoms with Crippen molar-refractivity contribution in [1.82, 2.24) is 14.5 Å². The van der Waals surface area contributed by atoms with Gasteiger partial charge in [0.2, 0.25) is 0 Å². The van der Waals surface area contributed by atoms with Crippen molar-refractivity contribution in [3.8, 4) is 0 Å². The van der Waals surface area contributed by atoms with Gasteiger partial charge in [0.15, 0.2) is 0 Å². The van der Waals surface area contributed by atoms with Gasteiger partial charge in [0.05, 0.1) is 6.61 Å². The smallest absolute Gasteiger partial charge is 0.134 e. The zero-order valence-corrected chi connectivity index (χ0v) is 10.6. The molecule has 1 aromatic heterocycles. The maximum atomic E-state index is 5.38. The minimum Gasteiger partial charge on any atom is -0.380 e. The molecule has 1 saturated heterocycles. The fourth-order valence-electron chi connectivity index (χ4n) is 1.84. The minimum atomic E-state index is 0.524. The van der Waals surface area contributed by atoms with E-state index in [2.05, 4.69) is 33.8 Å². The number of ether oxygens (including phenoxy) is 1. The number of anilines is 1. The Kier molecular flexibility index (Phi) is 4.09. The molecule has 0 radical (unpaired) electrons. The lowest BCUT2D eigenvalue weighted by atomic mass is 10.2. The lowest BCUT2D eigenvalue weighted by molar-refractivity contribution is 0.156. The Morgan fingerprint density at radius 2 is 2.50 bits per heavy atom. The van der Waals surface area contributed by atoms with Crippen LogP contribution in [-0.2, 0) is 11.3 Å². The molecule has 1 aliphatic heterocycles. The number of nitrogens with one attached hydrogen (secondary N) is 1. The molecule has 1 unspecified atom stereocenters. The van der Waals surface area contributed by atoms with Crippen molar-refractivity contribution in [2.45, 2.75) is 25.9 Å². The normalized spacial score (nSPS) is 20.6. The molecule has 0 aliphatic carbocycles. The van der Waals surface area contributed by atoms with E-state index in [1.165, 1.54) is 11.5 Å². The highest BCUT2D eigenvalue weighted by Crippen LogP contribution is 2.20. The SMILES string of the molecule is CCNc1snnc1CN(C)C1CCOC1. The van der Waals surface area contributed by atoms with Crippen molar-refractivity contribution in [3.05, 3.63) is 5.69 Å². The van der Waals surface area contributed by atoms with Crippen molar-refractivity contribution < 1.29 is 4.74 Å². The van der Waals surface area contributed by atoms with Gasteiger partial charge in [-0.25, -0.2) is 0 Å². The first-order chi connectivity index (χ1) is 7.81. The summed E-state index contributed by atoms with van der Waals surface area (Å²) in [5.41, 5.74) is 1.04. The lowest BCUT2D eigenvalue weighted by Gasteiger charge is -2.21. The van der Waals surface area contributed by atoms with Gasteiger partial charge in [-0.05, 0) is 20.4 Å². The van der Waals surface area contributed by atoms with E-state index < -0.39 is 0 Å². The largest absolute Gasteiger partial charge is 0.380 e. The van der Waals surface area contributed by atoms with Gasteiger partial charge in [0, 0.05) is 37.3 Å². The van der Waals surface area contributed by atoms with Gasteiger partial charge in [-0.15, -0.1) is 5.10 Å². The van der Waals surface area contributed by atoms with Gasteiger partial charge in [0.1, 0.15) is 10.7 Å². The van der Waals surface area contributed by atoms with Gasteiger partial charge < -0.3 is 10.1 Å². The zero-order valence-electron chi connectivity index (χ0n) is 9.77. The molecule has 5 nitrogen and oxygen atoms in total. The van der Waals surface area contributed by atoms with Crippen LogP contribution in [0.25, 0.3) is 0 Å². The van der Waals surface area contributed by atoms with Crippen LogP contribution in [0.1, 0.15) is 19.0 Å². The third kappa shape index (κ3) is 2.69. The average molecular weight is 242 g/mol. The van der Waals surface area contributed by atoms with Crippen molar-refractivity contribution in [2.75, 3.05) is 32.1 Å². The van der Waals surface area contributed by atoms with E-state index in [4.69, 9.17) is 4.74 Å². The third-order valence-electron chi connectivity index (χ3n) is 2.82. The Hall–Kier alpha value is -0.720. The molecular formula is C10H18N4OS. The van der Waals surface area contributed by atoms with Crippen LogP contribution < -0.4 is 5.32 Å². The van der Waals surface area contributed by atoms with Crippen molar-refractivity contribution in [3.63, 3.8) is 0 Å². The Balaban J connectivity index is 1.94. The van der Waals surface area contributed by atoms with Crippen LogP contribution in [0.3, 0.4) is 0 Å². The molecule has 0 spiro atoms. The summed E-state index contributed by atoms with van der Waals surface area (Å²) in [5, 5.41) is 8.55. The highest BCUT2D eigenvalue weighted by molar-refractivity contribution is 7.10. The van der Waals surface area contributed by atoms with Crippen molar-refractivity contribution >= 4 is 16.5 Å². The minimum absolute atomic E-state index is 0.524. The van der Waals surface area contributed by atoms with E-state index in [1.54, 1.807) is 0 Å². The lowest BCUT2D eigenvalue weighted by Crippen LogP contribution is -2.31. The standard InChI is InChI=1S/C10H18N4OS/c1-3-11-10-9(12-13-16-10)6-14(2)8-4-5-15-7-8/h8,11H,3-7H2,1-2H3. The Morgan fingerprint density at radius 3 is 3.19 bits per heavy atom. The quantitative estimate of drug-likeness (QED) is 0.840. The summed E-state index contributed by atoms with van der Waals surface area (Å²) in [7, 11) is 2.12. The van der Waals surface area contributed by atoms with Crippen molar-refractivity contribution in [2.24, 2.45) is 0 Å². The van der Waals surface area contributed by atoms with Crippen LogP contribution >= 0.6 is 11.5 Å². The fourth-order valence-corrected chi connectivity index (χ4v) is 2.48. The van der Waals surface area contributed by atoms with E-state index in [-0.39, 0.29) is 0 Å². The highest BCUT2D eigenvalue weighted by Gasteiger charge is 2.21. The molecule has 6 heteroatoms. The van der Waals surface area contributed by atoms with Gasteiger partial charge in [-0.3, -0.25) is 4.90 Å². The molecule has 1 fully saturated rings. The van der Waals surface area contributed by atoms with E-state index in [9.17, 15) is 0 Å². The molecule has 0 saturated carbocycles. The first-order valence-electron chi connectivity index (χ1n) is 5.64. The molecule has 0 aromatic carbocycles. The molecule has 2 rings (SSSR count). The zero-order chi connectivity index (χ0) is 11.4. The molecule has 1 N–H and O–H groups in total. The molecule has 2 heterocycles.